The van der Waals surface area contributed by atoms with Gasteiger partial charge in [0, 0.05) is 24.1 Å². The molecule has 3 aromatic carbocycles. The minimum atomic E-state index is -0.607. The van der Waals surface area contributed by atoms with Gasteiger partial charge in [-0.15, -0.1) is 0 Å². The summed E-state index contributed by atoms with van der Waals surface area (Å²) in [6, 6.07) is 23.2. The highest BCUT2D eigenvalue weighted by molar-refractivity contribution is 6.13. The lowest BCUT2D eigenvalue weighted by atomic mass is 10.1. The molecule has 0 bridgehead atoms. The molecule has 3 aromatic rings. The van der Waals surface area contributed by atoms with Crippen LogP contribution in [-0.4, -0.2) is 23.4 Å². The van der Waals surface area contributed by atoms with E-state index in [1.165, 1.54) is 23.8 Å². The Balaban J connectivity index is 1.42. The number of carbonyl (C=O) groups excluding carboxylic acids is 1. The van der Waals surface area contributed by atoms with Crippen molar-refractivity contribution in [2.75, 3.05) is 6.61 Å². The van der Waals surface area contributed by atoms with Crippen LogP contribution in [0.25, 0.3) is 6.08 Å². The van der Waals surface area contributed by atoms with Gasteiger partial charge in [-0.3, -0.25) is 10.1 Å². The summed E-state index contributed by atoms with van der Waals surface area (Å²) in [5, 5.41) is 10.9. The van der Waals surface area contributed by atoms with Crippen LogP contribution < -0.4 is 4.74 Å². The summed E-state index contributed by atoms with van der Waals surface area (Å²) in [7, 11) is 0. The van der Waals surface area contributed by atoms with E-state index >= 15 is 0 Å². The van der Waals surface area contributed by atoms with Crippen molar-refractivity contribution in [2.24, 2.45) is 4.99 Å². The van der Waals surface area contributed by atoms with Crippen LogP contribution in [0, 0.1) is 10.1 Å². The summed E-state index contributed by atoms with van der Waals surface area (Å²) in [6.07, 6.45) is 2.41. The Morgan fingerprint density at radius 2 is 1.77 bits per heavy atom. The Morgan fingerprint density at radius 1 is 1.00 bits per heavy atom. The predicted molar refractivity (Wildman–Crippen MR) is 116 cm³/mol. The molecular formula is C24H18N2O5. The number of cyclic esters (lactones) is 1. The minimum absolute atomic E-state index is 0.0424. The fourth-order valence-electron chi connectivity index (χ4n) is 3.03. The third-order valence-electron chi connectivity index (χ3n) is 4.61. The van der Waals surface area contributed by atoms with E-state index < -0.39 is 10.9 Å². The maximum Gasteiger partial charge on any atom is 0.363 e. The highest BCUT2D eigenvalue weighted by Crippen LogP contribution is 2.22. The molecular weight excluding hydrogens is 396 g/mol. The number of benzene rings is 3. The van der Waals surface area contributed by atoms with Crippen LogP contribution in [0.1, 0.15) is 16.7 Å². The number of esters is 1. The van der Waals surface area contributed by atoms with Gasteiger partial charge in [-0.1, -0.05) is 48.5 Å². The zero-order valence-corrected chi connectivity index (χ0v) is 16.4. The predicted octanol–water partition coefficient (Wildman–Crippen LogP) is 4.56. The molecule has 0 spiro atoms. The van der Waals surface area contributed by atoms with E-state index in [1.54, 1.807) is 12.1 Å². The van der Waals surface area contributed by atoms with Crippen LogP contribution in [0.5, 0.6) is 5.75 Å². The number of ether oxygens (including phenoxy) is 2. The first-order valence-electron chi connectivity index (χ1n) is 9.63. The highest BCUT2D eigenvalue weighted by atomic mass is 16.6. The molecule has 0 atom stereocenters. The van der Waals surface area contributed by atoms with Crippen molar-refractivity contribution in [1.82, 2.24) is 0 Å². The van der Waals surface area contributed by atoms with Crippen molar-refractivity contribution < 1.29 is 19.2 Å². The number of non-ortho nitro benzene ring substituents is 1. The monoisotopic (exact) mass is 414 g/mol. The molecule has 0 radical (unpaired) electrons. The number of nitro groups is 1. The average molecular weight is 414 g/mol. The number of nitro benzene ring substituents is 1. The number of nitrogens with zero attached hydrogens (tertiary/aromatic N) is 2. The molecule has 4 rings (SSSR count). The summed E-state index contributed by atoms with van der Waals surface area (Å²) in [6.45, 7) is 0.563. The van der Waals surface area contributed by atoms with Gasteiger partial charge >= 0.3 is 5.97 Å². The summed E-state index contributed by atoms with van der Waals surface area (Å²) in [5.74, 6) is 0.165. The van der Waals surface area contributed by atoms with Crippen molar-refractivity contribution in [2.45, 2.75) is 6.42 Å². The third-order valence-corrected chi connectivity index (χ3v) is 4.61. The highest BCUT2D eigenvalue weighted by Gasteiger charge is 2.25. The molecule has 0 N–H and O–H groups in total. The molecule has 0 unspecified atom stereocenters. The lowest BCUT2D eigenvalue weighted by Crippen LogP contribution is -2.05. The van der Waals surface area contributed by atoms with Gasteiger partial charge in [0.1, 0.15) is 5.75 Å². The van der Waals surface area contributed by atoms with Gasteiger partial charge in [0.05, 0.1) is 11.5 Å². The third kappa shape index (κ3) is 5.02. The van der Waals surface area contributed by atoms with E-state index in [2.05, 4.69) is 17.1 Å². The number of aliphatic imine (C=N–C) groups is 1. The van der Waals surface area contributed by atoms with Crippen LogP contribution in [0.4, 0.5) is 5.69 Å². The Hall–Kier alpha value is -4.26. The van der Waals surface area contributed by atoms with Crippen molar-refractivity contribution in [3.63, 3.8) is 0 Å². The summed E-state index contributed by atoms with van der Waals surface area (Å²) in [5.41, 5.74) is 2.36. The van der Waals surface area contributed by atoms with Crippen molar-refractivity contribution in [1.29, 1.82) is 0 Å². The normalized spacial score (nSPS) is 14.3. The van der Waals surface area contributed by atoms with Gasteiger partial charge in [0.25, 0.3) is 5.69 Å². The Bertz CT molecular complexity index is 1170. The van der Waals surface area contributed by atoms with Crippen molar-refractivity contribution in [3.8, 4) is 5.75 Å². The van der Waals surface area contributed by atoms with Crippen LogP contribution in [0.2, 0.25) is 0 Å². The largest absolute Gasteiger partial charge is 0.493 e. The number of carbonyl (C=O) groups is 1. The quantitative estimate of drug-likeness (QED) is 0.245. The van der Waals surface area contributed by atoms with E-state index in [1.807, 2.05) is 42.5 Å². The Morgan fingerprint density at radius 3 is 2.52 bits per heavy atom. The van der Waals surface area contributed by atoms with Gasteiger partial charge < -0.3 is 9.47 Å². The van der Waals surface area contributed by atoms with E-state index in [0.29, 0.717) is 12.2 Å². The lowest BCUT2D eigenvalue weighted by molar-refractivity contribution is -0.384. The molecule has 0 fully saturated rings. The Labute approximate surface area is 178 Å². The SMILES string of the molecule is O=C1OC(c2cccc([N+](=O)[O-])c2)=N/C1=C\c1ccc(OCCc2ccccc2)cc1. The van der Waals surface area contributed by atoms with Crippen LogP contribution >= 0.6 is 0 Å². The smallest absolute Gasteiger partial charge is 0.363 e. The maximum atomic E-state index is 12.2. The molecule has 7 nitrogen and oxygen atoms in total. The second-order valence-corrected chi connectivity index (χ2v) is 6.80. The van der Waals surface area contributed by atoms with Gasteiger partial charge in [0.2, 0.25) is 5.90 Å². The zero-order chi connectivity index (χ0) is 21.6. The molecule has 1 aliphatic rings. The number of rotatable bonds is 7. The van der Waals surface area contributed by atoms with Gasteiger partial charge in [-0.2, -0.15) is 0 Å². The minimum Gasteiger partial charge on any atom is -0.493 e. The van der Waals surface area contributed by atoms with E-state index in [9.17, 15) is 14.9 Å². The molecule has 31 heavy (non-hydrogen) atoms. The molecule has 7 heteroatoms. The Kier molecular flexibility index (Phi) is 5.84. The summed E-state index contributed by atoms with van der Waals surface area (Å²) < 4.78 is 10.9. The molecule has 0 aliphatic carbocycles. The van der Waals surface area contributed by atoms with E-state index in [4.69, 9.17) is 9.47 Å². The maximum absolute atomic E-state index is 12.2. The second-order valence-electron chi connectivity index (χ2n) is 6.80. The van der Waals surface area contributed by atoms with Crippen LogP contribution in [-0.2, 0) is 16.0 Å². The topological polar surface area (TPSA) is 91.0 Å². The molecule has 1 heterocycles. The molecule has 0 amide bonds. The van der Waals surface area contributed by atoms with Crippen LogP contribution in [0.3, 0.4) is 0 Å². The first-order chi connectivity index (χ1) is 15.1. The molecule has 1 aliphatic heterocycles. The first kappa shape index (κ1) is 20.0. The molecule has 0 saturated carbocycles. The summed E-state index contributed by atoms with van der Waals surface area (Å²) >= 11 is 0. The molecule has 0 saturated heterocycles. The second kappa shape index (κ2) is 9.04. The van der Waals surface area contributed by atoms with Gasteiger partial charge in [-0.05, 0) is 35.4 Å². The van der Waals surface area contributed by atoms with Crippen LogP contribution in [0.15, 0.2) is 89.6 Å². The van der Waals surface area contributed by atoms with Gasteiger partial charge in [0.15, 0.2) is 5.70 Å². The zero-order valence-electron chi connectivity index (χ0n) is 16.4. The summed E-state index contributed by atoms with van der Waals surface area (Å²) in [4.78, 5) is 26.8. The van der Waals surface area contributed by atoms with E-state index in [0.717, 1.165) is 17.7 Å². The van der Waals surface area contributed by atoms with E-state index in [-0.39, 0.29) is 17.3 Å². The fraction of sp³-hybridized carbons (Fsp3) is 0.0833. The van der Waals surface area contributed by atoms with Crippen molar-refractivity contribution in [3.05, 3.63) is 111 Å². The fourth-order valence-corrected chi connectivity index (χ4v) is 3.03. The first-order valence-corrected chi connectivity index (χ1v) is 9.63. The van der Waals surface area contributed by atoms with Gasteiger partial charge in [-0.25, -0.2) is 9.79 Å². The lowest BCUT2D eigenvalue weighted by Gasteiger charge is -2.06. The van der Waals surface area contributed by atoms with Crippen molar-refractivity contribution >= 4 is 23.6 Å². The molecule has 0 aromatic heterocycles. The average Bonchev–Trinajstić information content (AvgIpc) is 3.16. The number of hydrogen-bond donors (Lipinski definition) is 0. The number of hydrogen-bond acceptors (Lipinski definition) is 6. The standard InChI is InChI=1S/C24H18N2O5/c27-24-22(25-23(31-24)19-7-4-8-20(16-19)26(28)29)15-18-9-11-21(12-10-18)30-14-13-17-5-2-1-3-6-17/h1-12,15-16H,13-14H2/b22-15-. The molecule has 154 valence electrons.